The molecule has 8 nitrogen and oxygen atoms in total. The third-order valence-corrected chi connectivity index (χ3v) is 10.0. The summed E-state index contributed by atoms with van der Waals surface area (Å²) < 4.78 is 46.1. The molecular formula is C28H58ClN3O5S2. The molecule has 0 radical (unpaired) electrons. The molecule has 3 aliphatic heterocycles. The molecule has 3 saturated heterocycles. The molecule has 3 aliphatic rings. The summed E-state index contributed by atoms with van der Waals surface area (Å²) in [6.45, 7) is 21.1. The molecule has 0 saturated carbocycles. The summed E-state index contributed by atoms with van der Waals surface area (Å²) in [5.74, 6) is 1.76. The normalized spacial score (nSPS) is 23.3. The molecule has 0 aromatic carbocycles. The Morgan fingerprint density at radius 2 is 1.18 bits per heavy atom. The van der Waals surface area contributed by atoms with E-state index in [1.165, 1.54) is 0 Å². The summed E-state index contributed by atoms with van der Waals surface area (Å²) in [7, 11) is -2.07. The molecule has 4 atom stereocenters. The number of hydrogen-bond donors (Lipinski definition) is 2. The van der Waals surface area contributed by atoms with Gasteiger partial charge < -0.3 is 19.9 Å². The van der Waals surface area contributed by atoms with Crippen LogP contribution in [-0.2, 0) is 36.2 Å². The molecule has 0 aromatic heterocycles. The van der Waals surface area contributed by atoms with E-state index in [4.69, 9.17) is 19.9 Å². The SMILES string of the molecule is CC(C)(C)[S@](=O)N=CC1CCOCC1.C[C@@H](N)C1CCOCC1.C[C@@H](N[S@@](=O)C(C)(C)C)C1CCOCC1.Cl. The van der Waals surface area contributed by atoms with Crippen LogP contribution < -0.4 is 10.5 Å². The summed E-state index contributed by atoms with van der Waals surface area (Å²) in [5, 5.41) is 0. The number of nitrogens with two attached hydrogens (primary N) is 1. The predicted molar refractivity (Wildman–Crippen MR) is 168 cm³/mol. The molecule has 234 valence electrons. The second-order valence-electron chi connectivity index (χ2n) is 12.6. The first-order valence-corrected chi connectivity index (χ1v) is 16.6. The van der Waals surface area contributed by atoms with Gasteiger partial charge in [-0.3, -0.25) is 0 Å². The molecule has 0 bridgehead atoms. The average molecular weight is 616 g/mol. The highest BCUT2D eigenvalue weighted by atomic mass is 35.5. The lowest BCUT2D eigenvalue weighted by molar-refractivity contribution is 0.0587. The zero-order chi connectivity index (χ0) is 28.8. The van der Waals surface area contributed by atoms with Crippen LogP contribution in [0.5, 0.6) is 0 Å². The second-order valence-corrected chi connectivity index (χ2v) is 16.5. The van der Waals surface area contributed by atoms with E-state index >= 15 is 0 Å². The highest BCUT2D eigenvalue weighted by molar-refractivity contribution is 7.85. The Hall–Kier alpha value is 0.0600. The van der Waals surface area contributed by atoms with Gasteiger partial charge in [0, 0.05) is 57.9 Å². The van der Waals surface area contributed by atoms with Crippen molar-refractivity contribution in [2.45, 2.75) is 115 Å². The highest BCUT2D eigenvalue weighted by Crippen LogP contribution is 2.20. The number of hydrogen-bond acceptors (Lipinski definition) is 6. The van der Waals surface area contributed by atoms with Crippen molar-refractivity contribution in [1.82, 2.24) is 4.72 Å². The third kappa shape index (κ3) is 17.6. The monoisotopic (exact) mass is 615 g/mol. The van der Waals surface area contributed by atoms with E-state index in [-0.39, 0.29) is 21.9 Å². The fraction of sp³-hybridized carbons (Fsp3) is 0.964. The first kappa shape index (κ1) is 39.1. The van der Waals surface area contributed by atoms with Crippen molar-refractivity contribution in [3.8, 4) is 0 Å². The predicted octanol–water partition coefficient (Wildman–Crippen LogP) is 4.98. The average Bonchev–Trinajstić information content (AvgIpc) is 2.88. The number of nitrogens with zero attached hydrogens (tertiary/aromatic N) is 1. The Balaban J connectivity index is 0.000000564. The van der Waals surface area contributed by atoms with Crippen LogP contribution in [0, 0.1) is 17.8 Å². The van der Waals surface area contributed by atoms with Crippen LogP contribution in [0.4, 0.5) is 0 Å². The fourth-order valence-corrected chi connectivity index (χ4v) is 5.55. The quantitative estimate of drug-likeness (QED) is 0.408. The summed E-state index contributed by atoms with van der Waals surface area (Å²) >= 11 is 0. The van der Waals surface area contributed by atoms with E-state index in [0.29, 0.717) is 29.8 Å². The minimum atomic E-state index is -1.11. The van der Waals surface area contributed by atoms with Gasteiger partial charge in [0.05, 0.1) is 20.5 Å². The molecular weight excluding hydrogens is 558 g/mol. The fourth-order valence-electron chi connectivity index (χ4n) is 4.06. The van der Waals surface area contributed by atoms with E-state index < -0.39 is 22.0 Å². The molecule has 3 N–H and O–H groups in total. The molecule has 0 aliphatic carbocycles. The van der Waals surface area contributed by atoms with E-state index in [2.05, 4.69) is 23.0 Å². The molecule has 11 heteroatoms. The van der Waals surface area contributed by atoms with Crippen LogP contribution in [0.25, 0.3) is 0 Å². The largest absolute Gasteiger partial charge is 0.381 e. The van der Waals surface area contributed by atoms with Gasteiger partial charge in [0.25, 0.3) is 0 Å². The summed E-state index contributed by atoms with van der Waals surface area (Å²) in [4.78, 5) is 0. The Kier molecular flexibility index (Phi) is 20.1. The van der Waals surface area contributed by atoms with Gasteiger partial charge >= 0.3 is 0 Å². The van der Waals surface area contributed by atoms with Crippen molar-refractivity contribution in [2.75, 3.05) is 39.6 Å². The number of nitrogens with one attached hydrogen (secondary N) is 1. The lowest BCUT2D eigenvalue weighted by atomic mass is 9.94. The molecule has 0 unspecified atom stereocenters. The van der Waals surface area contributed by atoms with Crippen molar-refractivity contribution < 1.29 is 22.6 Å². The van der Waals surface area contributed by atoms with E-state index in [1.54, 1.807) is 0 Å². The van der Waals surface area contributed by atoms with Crippen molar-refractivity contribution in [2.24, 2.45) is 27.9 Å². The Morgan fingerprint density at radius 3 is 1.54 bits per heavy atom. The van der Waals surface area contributed by atoms with Gasteiger partial charge in [0.2, 0.25) is 0 Å². The van der Waals surface area contributed by atoms with E-state index in [9.17, 15) is 8.42 Å². The summed E-state index contributed by atoms with van der Waals surface area (Å²) in [5.41, 5.74) is 5.71. The summed E-state index contributed by atoms with van der Waals surface area (Å²) in [6, 6.07) is 0.669. The van der Waals surface area contributed by atoms with Gasteiger partial charge in [-0.05, 0) is 112 Å². The van der Waals surface area contributed by atoms with Crippen molar-refractivity contribution in [3.63, 3.8) is 0 Å². The topological polar surface area (TPSA) is 112 Å². The maximum Gasteiger partial charge on any atom is 0.144 e. The van der Waals surface area contributed by atoms with E-state index in [1.807, 2.05) is 47.8 Å². The Morgan fingerprint density at radius 1 is 0.769 bits per heavy atom. The number of halogens is 1. The van der Waals surface area contributed by atoms with Crippen LogP contribution in [0.1, 0.15) is 93.9 Å². The van der Waals surface area contributed by atoms with Crippen LogP contribution in [-0.4, -0.2) is 75.9 Å². The standard InChI is InChI=1S/C11H23NO2S.C10H19NO2S.C7H15NO.ClH/c1-9(10-5-7-14-8-6-10)12-15(13)11(2,3)4;1-10(2,3)14(12)11-8-9-4-6-13-7-5-9;1-6(8)7-2-4-9-5-3-7;/h9-10,12H,5-8H2,1-4H3;8-9H,4-7H2,1-3H3;6-7H,2-5,8H2,1H3;1H/t9-,15+;14-;6-;/m101./s1. The van der Waals surface area contributed by atoms with Crippen LogP contribution in [0.3, 0.4) is 0 Å². The third-order valence-electron chi connectivity index (χ3n) is 6.99. The van der Waals surface area contributed by atoms with E-state index in [0.717, 1.165) is 78.2 Å². The molecule has 3 fully saturated rings. The van der Waals surface area contributed by atoms with Crippen molar-refractivity contribution in [3.05, 3.63) is 0 Å². The molecule has 0 aromatic rings. The van der Waals surface area contributed by atoms with Crippen LogP contribution >= 0.6 is 12.4 Å². The minimum Gasteiger partial charge on any atom is -0.381 e. The van der Waals surface area contributed by atoms with Crippen molar-refractivity contribution in [1.29, 1.82) is 0 Å². The lowest BCUT2D eigenvalue weighted by Crippen LogP contribution is -2.43. The maximum atomic E-state index is 11.9. The molecule has 3 rings (SSSR count). The molecule has 0 amide bonds. The molecule has 0 spiro atoms. The highest BCUT2D eigenvalue weighted by Gasteiger charge is 2.26. The van der Waals surface area contributed by atoms with Gasteiger partial charge in [-0.25, -0.2) is 13.1 Å². The van der Waals surface area contributed by atoms with Gasteiger partial charge in [-0.2, -0.15) is 4.40 Å². The number of ether oxygens (including phenoxy) is 3. The van der Waals surface area contributed by atoms with Crippen LogP contribution in [0.2, 0.25) is 0 Å². The van der Waals surface area contributed by atoms with Gasteiger partial charge in [-0.15, -0.1) is 12.4 Å². The first-order chi connectivity index (χ1) is 17.7. The van der Waals surface area contributed by atoms with Gasteiger partial charge in [0.1, 0.15) is 11.0 Å². The zero-order valence-electron chi connectivity index (χ0n) is 25.7. The second kappa shape index (κ2) is 20.1. The Labute approximate surface area is 250 Å². The Bertz CT molecular complexity index is 711. The maximum absolute atomic E-state index is 11.9. The lowest BCUT2D eigenvalue weighted by Gasteiger charge is -2.30. The number of rotatable bonds is 6. The van der Waals surface area contributed by atoms with Gasteiger partial charge in [0.15, 0.2) is 0 Å². The molecule has 39 heavy (non-hydrogen) atoms. The minimum absolute atomic E-state index is 0. The summed E-state index contributed by atoms with van der Waals surface area (Å²) in [6.07, 6.45) is 8.32. The zero-order valence-corrected chi connectivity index (χ0v) is 28.2. The van der Waals surface area contributed by atoms with Crippen LogP contribution in [0.15, 0.2) is 4.40 Å². The van der Waals surface area contributed by atoms with Crippen molar-refractivity contribution >= 4 is 40.6 Å². The first-order valence-electron chi connectivity index (χ1n) is 14.3. The molecule has 3 heterocycles. The smallest absolute Gasteiger partial charge is 0.144 e. The van der Waals surface area contributed by atoms with Gasteiger partial charge in [-0.1, -0.05) is 0 Å².